The third kappa shape index (κ3) is 6.36. The van der Waals surface area contributed by atoms with Crippen molar-refractivity contribution in [3.8, 4) is 0 Å². The highest BCUT2D eigenvalue weighted by atomic mass is 32.2. The molecule has 0 amide bonds. The van der Waals surface area contributed by atoms with E-state index in [-0.39, 0.29) is 12.1 Å². The number of thioether (sulfide) groups is 1. The number of rotatable bonds is 7. The zero-order chi connectivity index (χ0) is 10.3. The van der Waals surface area contributed by atoms with Gasteiger partial charge in [-0.05, 0) is 25.1 Å². The second kappa shape index (κ2) is 6.68. The van der Waals surface area contributed by atoms with Crippen LogP contribution in [0.25, 0.3) is 0 Å². The maximum absolute atomic E-state index is 9.25. The minimum absolute atomic E-state index is 0.106. The number of aliphatic hydroxyl groups excluding tert-OH is 1. The summed E-state index contributed by atoms with van der Waals surface area (Å²) >= 11 is 1.89. The second-order valence-electron chi connectivity index (χ2n) is 4.01. The van der Waals surface area contributed by atoms with E-state index in [0.717, 1.165) is 18.7 Å². The van der Waals surface area contributed by atoms with Gasteiger partial charge in [-0.1, -0.05) is 20.8 Å². The van der Waals surface area contributed by atoms with Gasteiger partial charge in [-0.25, -0.2) is 0 Å². The van der Waals surface area contributed by atoms with Crippen molar-refractivity contribution in [1.29, 1.82) is 0 Å². The number of aliphatic hydroxyl groups is 1. The molecular weight excluding hydrogens is 182 g/mol. The third-order valence-corrected chi connectivity index (χ3v) is 3.36. The molecule has 0 aliphatic heterocycles. The van der Waals surface area contributed by atoms with Gasteiger partial charge in [-0.15, -0.1) is 0 Å². The molecule has 13 heavy (non-hydrogen) atoms. The van der Waals surface area contributed by atoms with Gasteiger partial charge >= 0.3 is 0 Å². The monoisotopic (exact) mass is 205 g/mol. The van der Waals surface area contributed by atoms with Crippen LogP contribution in [0, 0.1) is 0 Å². The van der Waals surface area contributed by atoms with Gasteiger partial charge in [0.05, 0.1) is 6.61 Å². The zero-order valence-electron chi connectivity index (χ0n) is 9.26. The maximum Gasteiger partial charge on any atom is 0.0618 e. The lowest BCUT2D eigenvalue weighted by molar-refractivity contribution is 0.192. The summed E-state index contributed by atoms with van der Waals surface area (Å²) in [6.45, 7) is 9.78. The summed E-state index contributed by atoms with van der Waals surface area (Å²) in [6.07, 6.45) is 1.11. The second-order valence-corrected chi connectivity index (χ2v) is 5.57. The predicted molar refractivity (Wildman–Crippen MR) is 61.4 cm³/mol. The molecule has 1 atom stereocenters. The normalized spacial score (nSPS) is 16.2. The maximum atomic E-state index is 9.25. The van der Waals surface area contributed by atoms with Gasteiger partial charge in [0.2, 0.25) is 0 Å². The first kappa shape index (κ1) is 13.3. The molecule has 0 aromatic carbocycles. The van der Waals surface area contributed by atoms with Crippen LogP contribution < -0.4 is 5.32 Å². The Labute approximate surface area is 86.5 Å². The van der Waals surface area contributed by atoms with Gasteiger partial charge in [-0.2, -0.15) is 11.8 Å². The Morgan fingerprint density at radius 1 is 1.46 bits per heavy atom. The summed E-state index contributed by atoms with van der Waals surface area (Å²) in [5.74, 6) is 0.973. The summed E-state index contributed by atoms with van der Waals surface area (Å²) in [5, 5.41) is 13.3. The highest BCUT2D eigenvalue weighted by Crippen LogP contribution is 2.17. The van der Waals surface area contributed by atoms with Gasteiger partial charge in [0.25, 0.3) is 0 Å². The van der Waals surface area contributed by atoms with Crippen molar-refractivity contribution >= 4 is 11.8 Å². The highest BCUT2D eigenvalue weighted by molar-refractivity contribution is 7.99. The van der Waals surface area contributed by atoms with E-state index in [1.165, 1.54) is 0 Å². The summed E-state index contributed by atoms with van der Waals surface area (Å²) in [7, 11) is 0. The van der Waals surface area contributed by atoms with Crippen LogP contribution in [0.1, 0.15) is 34.1 Å². The van der Waals surface area contributed by atoms with Crippen LogP contribution in [0.2, 0.25) is 0 Å². The first-order chi connectivity index (χ1) is 6.04. The fourth-order valence-electron chi connectivity index (χ4n) is 0.930. The Morgan fingerprint density at radius 3 is 2.46 bits per heavy atom. The standard InChI is InChI=1S/C10H23NOS/c1-5-6-11-10(4,7-12)8-13-9(2)3/h9,11-12H,5-8H2,1-4H3. The number of nitrogens with one attached hydrogen (secondary N) is 1. The lowest BCUT2D eigenvalue weighted by Crippen LogP contribution is -2.48. The van der Waals surface area contributed by atoms with Crippen LogP contribution in [0.15, 0.2) is 0 Å². The fraction of sp³-hybridized carbons (Fsp3) is 1.00. The van der Waals surface area contributed by atoms with Crippen molar-refractivity contribution in [3.63, 3.8) is 0 Å². The van der Waals surface area contributed by atoms with E-state index in [2.05, 4.69) is 33.0 Å². The molecule has 0 spiro atoms. The first-order valence-electron chi connectivity index (χ1n) is 5.01. The van der Waals surface area contributed by atoms with Gasteiger partial charge in [0.1, 0.15) is 0 Å². The van der Waals surface area contributed by atoms with Crippen molar-refractivity contribution in [2.24, 2.45) is 0 Å². The van der Waals surface area contributed by atoms with Crippen LogP contribution in [-0.2, 0) is 0 Å². The lowest BCUT2D eigenvalue weighted by Gasteiger charge is -2.29. The topological polar surface area (TPSA) is 32.3 Å². The zero-order valence-corrected chi connectivity index (χ0v) is 10.1. The molecule has 0 saturated carbocycles. The van der Waals surface area contributed by atoms with Crippen molar-refractivity contribution < 1.29 is 5.11 Å². The fourth-order valence-corrected chi connectivity index (χ4v) is 1.82. The molecule has 0 radical (unpaired) electrons. The molecule has 0 aliphatic rings. The Morgan fingerprint density at radius 2 is 2.08 bits per heavy atom. The Bertz CT molecular complexity index is 130. The predicted octanol–water partition coefficient (Wildman–Crippen LogP) is 1.88. The molecule has 0 heterocycles. The molecule has 0 rings (SSSR count). The van der Waals surface area contributed by atoms with E-state index in [9.17, 15) is 5.11 Å². The molecule has 3 heteroatoms. The Hall–Kier alpha value is 0.270. The number of hydrogen-bond acceptors (Lipinski definition) is 3. The molecule has 0 saturated heterocycles. The molecule has 0 aliphatic carbocycles. The van der Waals surface area contributed by atoms with Gasteiger partial charge in [0.15, 0.2) is 0 Å². The van der Waals surface area contributed by atoms with Gasteiger partial charge in [-0.3, -0.25) is 0 Å². The van der Waals surface area contributed by atoms with E-state index in [1.54, 1.807) is 0 Å². The average Bonchev–Trinajstić information content (AvgIpc) is 2.11. The van der Waals surface area contributed by atoms with E-state index < -0.39 is 0 Å². The Balaban J connectivity index is 3.81. The van der Waals surface area contributed by atoms with Crippen molar-refractivity contribution in [2.45, 2.75) is 44.9 Å². The summed E-state index contributed by atoms with van der Waals surface area (Å²) < 4.78 is 0. The summed E-state index contributed by atoms with van der Waals surface area (Å²) in [5.41, 5.74) is -0.106. The van der Waals surface area contributed by atoms with Crippen LogP contribution in [0.3, 0.4) is 0 Å². The van der Waals surface area contributed by atoms with Crippen molar-refractivity contribution in [1.82, 2.24) is 5.32 Å². The minimum Gasteiger partial charge on any atom is -0.394 e. The number of hydrogen-bond donors (Lipinski definition) is 2. The molecule has 0 aromatic heterocycles. The van der Waals surface area contributed by atoms with Gasteiger partial charge in [0, 0.05) is 11.3 Å². The van der Waals surface area contributed by atoms with Crippen LogP contribution in [0.5, 0.6) is 0 Å². The van der Waals surface area contributed by atoms with Gasteiger partial charge < -0.3 is 10.4 Å². The Kier molecular flexibility index (Phi) is 6.82. The van der Waals surface area contributed by atoms with E-state index in [0.29, 0.717) is 5.25 Å². The van der Waals surface area contributed by atoms with Crippen LogP contribution in [-0.4, -0.2) is 34.8 Å². The van der Waals surface area contributed by atoms with E-state index in [4.69, 9.17) is 0 Å². The first-order valence-corrected chi connectivity index (χ1v) is 6.06. The molecule has 0 bridgehead atoms. The molecular formula is C10H23NOS. The molecule has 80 valence electrons. The third-order valence-electron chi connectivity index (χ3n) is 1.89. The molecule has 2 N–H and O–H groups in total. The lowest BCUT2D eigenvalue weighted by atomic mass is 10.1. The van der Waals surface area contributed by atoms with Crippen LogP contribution >= 0.6 is 11.8 Å². The molecule has 0 aromatic rings. The molecule has 2 nitrogen and oxygen atoms in total. The van der Waals surface area contributed by atoms with Crippen molar-refractivity contribution in [2.75, 3.05) is 18.9 Å². The summed E-state index contributed by atoms with van der Waals surface area (Å²) in [6, 6.07) is 0. The average molecular weight is 205 g/mol. The van der Waals surface area contributed by atoms with Crippen LogP contribution in [0.4, 0.5) is 0 Å². The highest BCUT2D eigenvalue weighted by Gasteiger charge is 2.22. The molecule has 1 unspecified atom stereocenters. The smallest absolute Gasteiger partial charge is 0.0618 e. The quantitative estimate of drug-likeness (QED) is 0.665. The van der Waals surface area contributed by atoms with E-state index in [1.807, 2.05) is 11.8 Å². The summed E-state index contributed by atoms with van der Waals surface area (Å²) in [4.78, 5) is 0. The largest absolute Gasteiger partial charge is 0.394 e. The SMILES string of the molecule is CCCNC(C)(CO)CSC(C)C. The van der Waals surface area contributed by atoms with Crippen molar-refractivity contribution in [3.05, 3.63) is 0 Å². The van der Waals surface area contributed by atoms with E-state index >= 15 is 0 Å². The minimum atomic E-state index is -0.106. The molecule has 0 fully saturated rings.